The number of hydrogen-bond donors (Lipinski definition) is 0. The second kappa shape index (κ2) is 6.66. The summed E-state index contributed by atoms with van der Waals surface area (Å²) in [5, 5.41) is 6.14. The molecule has 2 aromatic carbocycles. The average molecular weight is 329 g/mol. The molecule has 23 heavy (non-hydrogen) atoms. The summed E-state index contributed by atoms with van der Waals surface area (Å²) in [6.07, 6.45) is 1.18. The molecular weight excluding hydrogens is 316 g/mol. The second-order valence-corrected chi connectivity index (χ2v) is 5.52. The minimum Gasteiger partial charge on any atom is -0.261 e. The van der Waals surface area contributed by atoms with Crippen molar-refractivity contribution >= 4 is 17.6 Å². The molecule has 116 valence electrons. The van der Waals surface area contributed by atoms with Gasteiger partial charge in [0.25, 0.3) is 0 Å². The molecule has 0 bridgehead atoms. The molecule has 0 atom stereocenters. The van der Waals surface area contributed by atoms with Crippen LogP contribution in [0.2, 0.25) is 0 Å². The van der Waals surface area contributed by atoms with E-state index in [1.165, 1.54) is 35.8 Å². The number of halogens is 2. The molecule has 1 heterocycles. The fourth-order valence-corrected chi connectivity index (χ4v) is 2.92. The van der Waals surface area contributed by atoms with E-state index >= 15 is 0 Å². The number of hydrogen-bond acceptors (Lipinski definition) is 3. The van der Waals surface area contributed by atoms with Gasteiger partial charge in [-0.25, -0.2) is 13.5 Å². The van der Waals surface area contributed by atoms with E-state index < -0.39 is 11.6 Å². The average Bonchev–Trinajstić information content (AvgIpc) is 2.98. The summed E-state index contributed by atoms with van der Waals surface area (Å²) in [5.74, 6) is -1.30. The van der Waals surface area contributed by atoms with E-state index in [-0.39, 0.29) is 5.56 Å². The van der Waals surface area contributed by atoms with E-state index in [9.17, 15) is 8.78 Å². The molecule has 0 amide bonds. The molecule has 0 saturated heterocycles. The molecule has 3 aromatic rings. The van der Waals surface area contributed by atoms with Crippen LogP contribution in [-0.2, 0) is 0 Å². The first kappa shape index (κ1) is 15.3. The van der Waals surface area contributed by atoms with Gasteiger partial charge in [0, 0.05) is 18.0 Å². The van der Waals surface area contributed by atoms with Gasteiger partial charge < -0.3 is 0 Å². The van der Waals surface area contributed by atoms with Crippen molar-refractivity contribution in [3.63, 3.8) is 0 Å². The highest BCUT2D eigenvalue weighted by Gasteiger charge is 2.08. The van der Waals surface area contributed by atoms with Gasteiger partial charge in [0.15, 0.2) is 0 Å². The molecule has 6 heteroatoms. The van der Waals surface area contributed by atoms with Crippen LogP contribution >= 0.6 is 11.3 Å². The van der Waals surface area contributed by atoms with E-state index in [2.05, 4.69) is 10.1 Å². The van der Waals surface area contributed by atoms with E-state index in [4.69, 9.17) is 0 Å². The molecule has 3 rings (SSSR count). The Labute approximate surface area is 135 Å². The van der Waals surface area contributed by atoms with E-state index in [1.807, 2.05) is 35.7 Å². The number of nitrogens with zero attached hydrogens (tertiary/aromatic N) is 3. The van der Waals surface area contributed by atoms with Crippen LogP contribution in [0, 0.1) is 11.6 Å². The molecule has 1 aromatic heterocycles. The van der Waals surface area contributed by atoms with Gasteiger partial charge >= 0.3 is 0 Å². The summed E-state index contributed by atoms with van der Waals surface area (Å²) in [7, 11) is 1.65. The van der Waals surface area contributed by atoms with Crippen molar-refractivity contribution in [2.45, 2.75) is 0 Å². The van der Waals surface area contributed by atoms with Gasteiger partial charge in [-0.3, -0.25) is 4.99 Å². The molecule has 0 spiro atoms. The van der Waals surface area contributed by atoms with Crippen LogP contribution in [0.3, 0.4) is 0 Å². The van der Waals surface area contributed by atoms with Crippen molar-refractivity contribution in [2.24, 2.45) is 10.1 Å². The monoisotopic (exact) mass is 329 g/mol. The Kier molecular flexibility index (Phi) is 4.43. The smallest absolute Gasteiger partial charge is 0.205 e. The number of benzene rings is 2. The molecule has 0 aliphatic heterocycles. The summed E-state index contributed by atoms with van der Waals surface area (Å²) < 4.78 is 29.0. The predicted octanol–water partition coefficient (Wildman–Crippen LogP) is 3.91. The van der Waals surface area contributed by atoms with Crippen LogP contribution in [0.25, 0.3) is 11.3 Å². The molecule has 0 radical (unpaired) electrons. The molecule has 0 aliphatic carbocycles. The van der Waals surface area contributed by atoms with Gasteiger partial charge in [-0.2, -0.15) is 5.10 Å². The molecule has 0 saturated carbocycles. The van der Waals surface area contributed by atoms with Crippen molar-refractivity contribution in [3.05, 3.63) is 75.9 Å². The van der Waals surface area contributed by atoms with E-state index in [0.29, 0.717) is 4.80 Å². The Morgan fingerprint density at radius 2 is 1.70 bits per heavy atom. The quantitative estimate of drug-likeness (QED) is 0.652. The van der Waals surface area contributed by atoms with E-state index in [1.54, 1.807) is 11.7 Å². The van der Waals surface area contributed by atoms with Crippen LogP contribution in [0.15, 0.2) is 64.0 Å². The topological polar surface area (TPSA) is 29.6 Å². The van der Waals surface area contributed by atoms with Gasteiger partial charge in [-0.05, 0) is 12.1 Å². The summed E-state index contributed by atoms with van der Waals surface area (Å²) in [4.78, 5) is 4.79. The Balaban J connectivity index is 2.10. The summed E-state index contributed by atoms with van der Waals surface area (Å²) in [6, 6.07) is 13.4. The third-order valence-corrected chi connectivity index (χ3v) is 4.16. The van der Waals surface area contributed by atoms with Gasteiger partial charge in [-0.15, -0.1) is 11.3 Å². The van der Waals surface area contributed by atoms with Crippen molar-refractivity contribution in [2.75, 3.05) is 7.05 Å². The molecule has 0 N–H and O–H groups in total. The third-order valence-electron chi connectivity index (χ3n) is 3.25. The fourth-order valence-electron chi connectivity index (χ4n) is 2.12. The Morgan fingerprint density at radius 3 is 2.35 bits per heavy atom. The maximum absolute atomic E-state index is 13.7. The first-order valence-corrected chi connectivity index (χ1v) is 7.76. The summed E-state index contributed by atoms with van der Waals surface area (Å²) in [5.41, 5.74) is 1.58. The largest absolute Gasteiger partial charge is 0.261 e. The zero-order chi connectivity index (χ0) is 16.2. The maximum atomic E-state index is 13.7. The fraction of sp³-hybridized carbons (Fsp3) is 0.0588. The van der Waals surface area contributed by atoms with Crippen molar-refractivity contribution in [3.8, 4) is 11.3 Å². The van der Waals surface area contributed by atoms with Gasteiger partial charge in [0.05, 0.1) is 17.5 Å². The highest BCUT2D eigenvalue weighted by molar-refractivity contribution is 7.07. The van der Waals surface area contributed by atoms with Crippen LogP contribution in [0.4, 0.5) is 8.78 Å². The van der Waals surface area contributed by atoms with E-state index in [0.717, 1.165) is 11.3 Å². The minimum atomic E-state index is -0.652. The molecule has 3 nitrogen and oxygen atoms in total. The van der Waals surface area contributed by atoms with Gasteiger partial charge in [0.1, 0.15) is 11.6 Å². The Morgan fingerprint density at radius 1 is 1.00 bits per heavy atom. The Hall–Kier alpha value is -2.60. The van der Waals surface area contributed by atoms with Crippen LogP contribution < -0.4 is 4.80 Å². The van der Waals surface area contributed by atoms with Crippen molar-refractivity contribution in [1.29, 1.82) is 0 Å². The standard InChI is InChI=1S/C17H13F2N3S/c1-20-17-22(16(11-23-17)12-6-3-2-4-7-12)21-10-13-14(18)8-5-9-15(13)19/h2-11H,1H3/b20-17?,21-10-. The molecule has 0 aliphatic rings. The highest BCUT2D eigenvalue weighted by Crippen LogP contribution is 2.19. The lowest BCUT2D eigenvalue weighted by Gasteiger charge is -2.03. The first-order chi connectivity index (χ1) is 11.2. The summed E-state index contributed by atoms with van der Waals surface area (Å²) >= 11 is 1.41. The normalized spacial score (nSPS) is 12.2. The van der Waals surface area contributed by atoms with Crippen molar-refractivity contribution < 1.29 is 8.78 Å². The lowest BCUT2D eigenvalue weighted by atomic mass is 10.2. The van der Waals surface area contributed by atoms with Crippen LogP contribution in [0.5, 0.6) is 0 Å². The maximum Gasteiger partial charge on any atom is 0.205 e. The van der Waals surface area contributed by atoms with Gasteiger partial charge in [0.2, 0.25) is 4.80 Å². The molecular formula is C17H13F2N3S. The highest BCUT2D eigenvalue weighted by atomic mass is 32.1. The SMILES string of the molecule is CN=c1scc(-c2ccccc2)n1/N=C\c1c(F)cccc1F. The zero-order valence-electron chi connectivity index (χ0n) is 12.3. The van der Waals surface area contributed by atoms with Crippen molar-refractivity contribution in [1.82, 2.24) is 4.68 Å². The third kappa shape index (κ3) is 3.12. The molecule has 0 unspecified atom stereocenters. The second-order valence-electron chi connectivity index (χ2n) is 4.68. The lowest BCUT2D eigenvalue weighted by molar-refractivity contribution is 0.580. The molecule has 0 fully saturated rings. The summed E-state index contributed by atoms with van der Waals surface area (Å²) in [6.45, 7) is 0. The number of rotatable bonds is 3. The van der Waals surface area contributed by atoms with Crippen LogP contribution in [-0.4, -0.2) is 17.9 Å². The minimum absolute atomic E-state index is 0.174. The number of thiazole rings is 1. The predicted molar refractivity (Wildman–Crippen MR) is 88.6 cm³/mol. The lowest BCUT2D eigenvalue weighted by Crippen LogP contribution is -2.12. The zero-order valence-corrected chi connectivity index (χ0v) is 13.1. The number of aromatic nitrogens is 1. The van der Waals surface area contributed by atoms with Gasteiger partial charge in [-0.1, -0.05) is 36.4 Å². The van der Waals surface area contributed by atoms with Crippen LogP contribution in [0.1, 0.15) is 5.56 Å². The first-order valence-electron chi connectivity index (χ1n) is 6.88. The Bertz CT molecular complexity index is 891.